The van der Waals surface area contributed by atoms with E-state index in [1.165, 1.54) is 25.7 Å². The van der Waals surface area contributed by atoms with Gasteiger partial charge in [0.05, 0.1) is 12.3 Å². The summed E-state index contributed by atoms with van der Waals surface area (Å²) in [4.78, 5) is 6.73. The molecule has 2 rings (SSSR count). The lowest BCUT2D eigenvalue weighted by atomic mass is 10.2. The molecule has 0 aromatic carbocycles. The van der Waals surface area contributed by atoms with Crippen LogP contribution < -0.4 is 4.90 Å². The van der Waals surface area contributed by atoms with Crippen LogP contribution in [-0.2, 0) is 6.61 Å². The molecule has 1 N–H and O–H groups in total. The number of hydrogen-bond acceptors (Lipinski definition) is 4. The van der Waals surface area contributed by atoms with Crippen molar-refractivity contribution in [3.05, 3.63) is 11.1 Å². The summed E-state index contributed by atoms with van der Waals surface area (Å²) in [6, 6.07) is 0. The smallest absolute Gasteiger partial charge is 0.185 e. The van der Waals surface area contributed by atoms with Gasteiger partial charge >= 0.3 is 0 Å². The Labute approximate surface area is 88.4 Å². The van der Waals surface area contributed by atoms with Gasteiger partial charge in [0.2, 0.25) is 0 Å². The molecule has 1 saturated heterocycles. The van der Waals surface area contributed by atoms with Gasteiger partial charge in [0.1, 0.15) is 0 Å². The maximum absolute atomic E-state index is 8.93. The Hall–Kier alpha value is -0.610. The number of hydrogen-bond donors (Lipinski definition) is 1. The Kier molecular flexibility index (Phi) is 3.37. The van der Waals surface area contributed by atoms with Crippen LogP contribution in [0.25, 0.3) is 0 Å². The van der Waals surface area contributed by atoms with Crippen LogP contribution in [0.3, 0.4) is 0 Å². The topological polar surface area (TPSA) is 36.4 Å². The minimum absolute atomic E-state index is 0.0599. The molecule has 0 saturated carbocycles. The average Bonchev–Trinajstić information content (AvgIpc) is 2.53. The zero-order valence-electron chi connectivity index (χ0n) is 8.28. The highest BCUT2D eigenvalue weighted by Crippen LogP contribution is 2.23. The summed E-state index contributed by atoms with van der Waals surface area (Å²) in [5.41, 5.74) is 0.800. The van der Waals surface area contributed by atoms with Gasteiger partial charge in [-0.25, -0.2) is 4.98 Å². The summed E-state index contributed by atoms with van der Waals surface area (Å²) in [6.45, 7) is 2.31. The lowest BCUT2D eigenvalue weighted by molar-refractivity contribution is 0.277. The fourth-order valence-corrected chi connectivity index (χ4v) is 2.65. The SMILES string of the molecule is OCc1csc(N2CCCCCC2)n1. The average molecular weight is 212 g/mol. The highest BCUT2D eigenvalue weighted by Gasteiger charge is 2.12. The van der Waals surface area contributed by atoms with E-state index in [0.717, 1.165) is 23.9 Å². The fraction of sp³-hybridized carbons (Fsp3) is 0.700. The zero-order chi connectivity index (χ0) is 9.80. The largest absolute Gasteiger partial charge is 0.390 e. The Morgan fingerprint density at radius 3 is 2.57 bits per heavy atom. The Morgan fingerprint density at radius 2 is 2.00 bits per heavy atom. The van der Waals surface area contributed by atoms with Crippen molar-refractivity contribution >= 4 is 16.5 Å². The zero-order valence-corrected chi connectivity index (χ0v) is 9.09. The Balaban J connectivity index is 2.04. The van der Waals surface area contributed by atoms with E-state index in [4.69, 9.17) is 5.11 Å². The molecule has 78 valence electrons. The van der Waals surface area contributed by atoms with Crippen LogP contribution in [0, 0.1) is 0 Å². The second-order valence-electron chi connectivity index (χ2n) is 3.68. The van der Waals surface area contributed by atoms with Gasteiger partial charge in [-0.15, -0.1) is 11.3 Å². The third-order valence-corrected chi connectivity index (χ3v) is 3.53. The molecule has 1 aromatic heterocycles. The molecular weight excluding hydrogens is 196 g/mol. The molecule has 1 aromatic rings. The van der Waals surface area contributed by atoms with Crippen molar-refractivity contribution in [3.63, 3.8) is 0 Å². The molecule has 2 heterocycles. The highest BCUT2D eigenvalue weighted by atomic mass is 32.1. The summed E-state index contributed by atoms with van der Waals surface area (Å²) in [6.07, 6.45) is 5.23. The monoisotopic (exact) mass is 212 g/mol. The van der Waals surface area contributed by atoms with Crippen molar-refractivity contribution in [2.45, 2.75) is 32.3 Å². The van der Waals surface area contributed by atoms with E-state index >= 15 is 0 Å². The van der Waals surface area contributed by atoms with Crippen molar-refractivity contribution in [1.29, 1.82) is 0 Å². The van der Waals surface area contributed by atoms with Crippen LogP contribution in [0.5, 0.6) is 0 Å². The predicted molar refractivity (Wildman–Crippen MR) is 58.7 cm³/mol. The highest BCUT2D eigenvalue weighted by molar-refractivity contribution is 7.13. The molecule has 4 heteroatoms. The van der Waals surface area contributed by atoms with Gasteiger partial charge in [-0.3, -0.25) is 0 Å². The van der Waals surface area contributed by atoms with Crippen molar-refractivity contribution < 1.29 is 5.11 Å². The molecule has 14 heavy (non-hydrogen) atoms. The molecule has 1 aliphatic heterocycles. The minimum atomic E-state index is 0.0599. The van der Waals surface area contributed by atoms with Gasteiger partial charge in [-0.1, -0.05) is 12.8 Å². The summed E-state index contributed by atoms with van der Waals surface area (Å²) < 4.78 is 0. The molecule has 0 aliphatic carbocycles. The van der Waals surface area contributed by atoms with E-state index in [0.29, 0.717) is 0 Å². The summed E-state index contributed by atoms with van der Waals surface area (Å²) >= 11 is 1.64. The van der Waals surface area contributed by atoms with Crippen molar-refractivity contribution in [2.75, 3.05) is 18.0 Å². The summed E-state index contributed by atoms with van der Waals surface area (Å²) in [5.74, 6) is 0. The lowest BCUT2D eigenvalue weighted by Crippen LogP contribution is -2.23. The number of rotatable bonds is 2. The van der Waals surface area contributed by atoms with Crippen LogP contribution in [0.1, 0.15) is 31.4 Å². The van der Waals surface area contributed by atoms with Gasteiger partial charge in [0.25, 0.3) is 0 Å². The molecule has 0 spiro atoms. The second kappa shape index (κ2) is 4.75. The molecule has 1 fully saturated rings. The molecule has 1 aliphatic rings. The standard InChI is InChI=1S/C10H16N2OS/c13-7-9-8-14-10(11-9)12-5-3-1-2-4-6-12/h8,13H,1-7H2. The number of anilines is 1. The molecule has 0 amide bonds. The van der Waals surface area contributed by atoms with Gasteiger partial charge in [0, 0.05) is 18.5 Å². The van der Waals surface area contributed by atoms with E-state index in [1.54, 1.807) is 11.3 Å². The fourth-order valence-electron chi connectivity index (χ4n) is 1.78. The maximum Gasteiger partial charge on any atom is 0.185 e. The van der Waals surface area contributed by atoms with E-state index in [1.807, 2.05) is 5.38 Å². The summed E-state index contributed by atoms with van der Waals surface area (Å²) in [5, 5.41) is 12.0. The van der Waals surface area contributed by atoms with Gasteiger partial charge in [-0.05, 0) is 12.8 Å². The predicted octanol–water partition coefficient (Wildman–Crippen LogP) is 2.02. The van der Waals surface area contributed by atoms with Gasteiger partial charge in [-0.2, -0.15) is 0 Å². The molecule has 0 unspecified atom stereocenters. The van der Waals surface area contributed by atoms with Gasteiger partial charge in [0.15, 0.2) is 5.13 Å². The first-order valence-corrected chi connectivity index (χ1v) is 6.08. The van der Waals surface area contributed by atoms with Crippen LogP contribution in [0.15, 0.2) is 5.38 Å². The first kappa shape index (κ1) is 9.93. The Morgan fingerprint density at radius 1 is 1.29 bits per heavy atom. The number of aromatic nitrogens is 1. The van der Waals surface area contributed by atoms with Crippen LogP contribution in [-0.4, -0.2) is 23.2 Å². The quantitative estimate of drug-likeness (QED) is 0.814. The minimum Gasteiger partial charge on any atom is -0.390 e. The summed E-state index contributed by atoms with van der Waals surface area (Å²) in [7, 11) is 0. The third-order valence-electron chi connectivity index (χ3n) is 2.58. The maximum atomic E-state index is 8.93. The molecule has 3 nitrogen and oxygen atoms in total. The van der Waals surface area contributed by atoms with E-state index in [9.17, 15) is 0 Å². The molecule has 0 radical (unpaired) electrons. The number of nitrogens with zero attached hydrogens (tertiary/aromatic N) is 2. The number of aliphatic hydroxyl groups excluding tert-OH is 1. The molecule has 0 atom stereocenters. The van der Waals surface area contributed by atoms with E-state index in [-0.39, 0.29) is 6.61 Å². The first-order valence-electron chi connectivity index (χ1n) is 5.20. The molecule has 0 bridgehead atoms. The number of thiazole rings is 1. The van der Waals surface area contributed by atoms with Crippen molar-refractivity contribution in [1.82, 2.24) is 4.98 Å². The van der Waals surface area contributed by atoms with Crippen LogP contribution >= 0.6 is 11.3 Å². The first-order chi connectivity index (χ1) is 6.90. The Bertz CT molecular complexity index is 279. The van der Waals surface area contributed by atoms with Gasteiger partial charge < -0.3 is 10.0 Å². The lowest BCUT2D eigenvalue weighted by Gasteiger charge is -2.18. The van der Waals surface area contributed by atoms with Crippen LogP contribution in [0.4, 0.5) is 5.13 Å². The van der Waals surface area contributed by atoms with E-state index in [2.05, 4.69) is 9.88 Å². The van der Waals surface area contributed by atoms with Crippen molar-refractivity contribution in [2.24, 2.45) is 0 Å². The molecular formula is C10H16N2OS. The normalized spacial score (nSPS) is 18.2. The second-order valence-corrected chi connectivity index (χ2v) is 4.52. The van der Waals surface area contributed by atoms with Crippen LogP contribution in [0.2, 0.25) is 0 Å². The third kappa shape index (κ3) is 2.25. The van der Waals surface area contributed by atoms with Crippen molar-refractivity contribution in [3.8, 4) is 0 Å². The van der Waals surface area contributed by atoms with E-state index < -0.39 is 0 Å². The number of aliphatic hydroxyl groups is 1.